The van der Waals surface area contributed by atoms with Crippen molar-refractivity contribution in [2.24, 2.45) is 5.92 Å². The Kier molecular flexibility index (Phi) is 14.0. The Morgan fingerprint density at radius 2 is 1.15 bits per heavy atom. The van der Waals surface area contributed by atoms with Crippen molar-refractivity contribution in [3.63, 3.8) is 0 Å². The van der Waals surface area contributed by atoms with Crippen molar-refractivity contribution in [2.45, 2.75) is 87.0 Å². The standard InChI is InChI=1S/C25H42O/c1-20(2)10-8-11-22(5)15-17-25(16-14-21(3)4)24(7)13-9-12-23(6)18-19-26/h10,13-15,18,25-26H,8-9,11-12,16-17,19H2,1-7H3/b22-15+,23-18+,24-13?. The summed E-state index contributed by atoms with van der Waals surface area (Å²) in [7, 11) is 0. The van der Waals surface area contributed by atoms with Gasteiger partial charge < -0.3 is 5.11 Å². The Hall–Kier alpha value is -1.34. The number of rotatable bonds is 12. The largest absolute Gasteiger partial charge is 0.392 e. The first kappa shape index (κ1) is 24.7. The first-order valence-corrected chi connectivity index (χ1v) is 10.1. The molecule has 0 aromatic rings. The van der Waals surface area contributed by atoms with Gasteiger partial charge in [0.25, 0.3) is 0 Å². The highest BCUT2D eigenvalue weighted by molar-refractivity contribution is 5.12. The number of hydrogen-bond donors (Lipinski definition) is 1. The van der Waals surface area contributed by atoms with E-state index < -0.39 is 0 Å². The molecule has 0 heterocycles. The van der Waals surface area contributed by atoms with Gasteiger partial charge in [0.2, 0.25) is 0 Å². The van der Waals surface area contributed by atoms with Crippen LogP contribution in [0.5, 0.6) is 0 Å². The summed E-state index contributed by atoms with van der Waals surface area (Å²) in [4.78, 5) is 0. The maximum absolute atomic E-state index is 8.96. The monoisotopic (exact) mass is 358 g/mol. The molecule has 0 saturated heterocycles. The molecule has 0 aromatic heterocycles. The van der Waals surface area contributed by atoms with Gasteiger partial charge in [-0.1, -0.05) is 58.2 Å². The van der Waals surface area contributed by atoms with Gasteiger partial charge in [-0.25, -0.2) is 0 Å². The molecule has 1 unspecified atom stereocenters. The molecule has 0 aliphatic heterocycles. The van der Waals surface area contributed by atoms with Crippen LogP contribution >= 0.6 is 0 Å². The second-order valence-electron chi connectivity index (χ2n) is 8.04. The number of allylic oxidation sites excluding steroid dienone is 9. The van der Waals surface area contributed by atoms with E-state index in [9.17, 15) is 0 Å². The zero-order chi connectivity index (χ0) is 19.9. The highest BCUT2D eigenvalue weighted by atomic mass is 16.2. The van der Waals surface area contributed by atoms with Gasteiger partial charge in [-0.2, -0.15) is 0 Å². The van der Waals surface area contributed by atoms with Gasteiger partial charge >= 0.3 is 0 Å². The van der Waals surface area contributed by atoms with E-state index >= 15 is 0 Å². The van der Waals surface area contributed by atoms with E-state index in [4.69, 9.17) is 5.11 Å². The van der Waals surface area contributed by atoms with E-state index in [2.05, 4.69) is 72.8 Å². The van der Waals surface area contributed by atoms with E-state index in [-0.39, 0.29) is 6.61 Å². The molecular formula is C25H42O. The molecule has 0 aromatic carbocycles. The third-order valence-corrected chi connectivity index (χ3v) is 4.74. The summed E-state index contributed by atoms with van der Waals surface area (Å²) < 4.78 is 0. The van der Waals surface area contributed by atoms with Crippen LogP contribution in [0.25, 0.3) is 0 Å². The quantitative estimate of drug-likeness (QED) is 0.354. The van der Waals surface area contributed by atoms with E-state index in [1.54, 1.807) is 0 Å². The van der Waals surface area contributed by atoms with Gasteiger partial charge in [0.05, 0.1) is 6.61 Å². The second kappa shape index (κ2) is 14.8. The number of aliphatic hydroxyl groups is 1. The summed E-state index contributed by atoms with van der Waals surface area (Å²) in [6.45, 7) is 15.5. The van der Waals surface area contributed by atoms with Gasteiger partial charge in [-0.05, 0) is 92.9 Å². The molecule has 148 valence electrons. The van der Waals surface area contributed by atoms with Crippen LogP contribution in [-0.2, 0) is 0 Å². The van der Waals surface area contributed by atoms with Gasteiger partial charge in [0.1, 0.15) is 0 Å². The molecule has 26 heavy (non-hydrogen) atoms. The maximum Gasteiger partial charge on any atom is 0.0614 e. The van der Waals surface area contributed by atoms with Crippen LogP contribution in [-0.4, -0.2) is 11.7 Å². The van der Waals surface area contributed by atoms with Crippen LogP contribution in [0.1, 0.15) is 87.0 Å². The van der Waals surface area contributed by atoms with Gasteiger partial charge in [0.15, 0.2) is 0 Å². The molecule has 1 nitrogen and oxygen atoms in total. The van der Waals surface area contributed by atoms with Crippen molar-refractivity contribution in [3.8, 4) is 0 Å². The zero-order valence-corrected chi connectivity index (χ0v) is 18.4. The van der Waals surface area contributed by atoms with Crippen LogP contribution in [0.3, 0.4) is 0 Å². The molecule has 0 aliphatic carbocycles. The minimum Gasteiger partial charge on any atom is -0.392 e. The molecule has 1 N–H and O–H groups in total. The maximum atomic E-state index is 8.96. The van der Waals surface area contributed by atoms with Crippen LogP contribution in [0.15, 0.2) is 58.2 Å². The lowest BCUT2D eigenvalue weighted by Gasteiger charge is -2.16. The Bertz CT molecular complexity index is 533. The topological polar surface area (TPSA) is 20.2 Å². The zero-order valence-electron chi connectivity index (χ0n) is 18.4. The van der Waals surface area contributed by atoms with E-state index in [0.29, 0.717) is 5.92 Å². The van der Waals surface area contributed by atoms with Crippen molar-refractivity contribution >= 4 is 0 Å². The molecule has 0 bridgehead atoms. The summed E-state index contributed by atoms with van der Waals surface area (Å²) in [5.74, 6) is 0.588. The highest BCUT2D eigenvalue weighted by Gasteiger charge is 2.08. The van der Waals surface area contributed by atoms with Gasteiger partial charge in [-0.3, -0.25) is 0 Å². The molecule has 0 amide bonds. The van der Waals surface area contributed by atoms with Crippen LogP contribution < -0.4 is 0 Å². The molecule has 0 radical (unpaired) electrons. The SMILES string of the molecule is CC(C)=CCC/C(C)=C/CC(CC=C(C)C)C(C)=CCC/C(C)=C/CO. The van der Waals surface area contributed by atoms with Gasteiger partial charge in [0, 0.05) is 0 Å². The molecular weight excluding hydrogens is 316 g/mol. The first-order valence-electron chi connectivity index (χ1n) is 10.1. The summed E-state index contributed by atoms with van der Waals surface area (Å²) in [6.07, 6.45) is 18.1. The fourth-order valence-electron chi connectivity index (χ4n) is 2.83. The summed E-state index contributed by atoms with van der Waals surface area (Å²) >= 11 is 0. The van der Waals surface area contributed by atoms with Crippen LogP contribution in [0, 0.1) is 5.92 Å². The van der Waals surface area contributed by atoms with E-state index in [0.717, 1.165) is 38.5 Å². The third kappa shape index (κ3) is 13.9. The van der Waals surface area contributed by atoms with Crippen molar-refractivity contribution in [1.82, 2.24) is 0 Å². The van der Waals surface area contributed by atoms with Crippen molar-refractivity contribution < 1.29 is 5.11 Å². The molecule has 1 heteroatoms. The molecule has 0 aliphatic rings. The smallest absolute Gasteiger partial charge is 0.0614 e. The average molecular weight is 359 g/mol. The average Bonchev–Trinajstić information content (AvgIpc) is 2.54. The van der Waals surface area contributed by atoms with Gasteiger partial charge in [-0.15, -0.1) is 0 Å². The number of hydrogen-bond acceptors (Lipinski definition) is 1. The Morgan fingerprint density at radius 1 is 0.654 bits per heavy atom. The third-order valence-electron chi connectivity index (χ3n) is 4.74. The molecule has 0 rings (SSSR count). The molecule has 0 spiro atoms. The minimum absolute atomic E-state index is 0.147. The highest BCUT2D eigenvalue weighted by Crippen LogP contribution is 2.24. The molecule has 0 fully saturated rings. The fourth-order valence-corrected chi connectivity index (χ4v) is 2.83. The predicted octanol–water partition coefficient (Wildman–Crippen LogP) is 7.71. The van der Waals surface area contributed by atoms with E-state index in [1.165, 1.54) is 27.9 Å². The Morgan fingerprint density at radius 3 is 1.69 bits per heavy atom. The van der Waals surface area contributed by atoms with E-state index in [1.807, 2.05) is 6.08 Å². The number of aliphatic hydroxyl groups excluding tert-OH is 1. The van der Waals surface area contributed by atoms with Crippen molar-refractivity contribution in [1.29, 1.82) is 0 Å². The van der Waals surface area contributed by atoms with Crippen molar-refractivity contribution in [2.75, 3.05) is 6.61 Å². The predicted molar refractivity (Wildman–Crippen MR) is 118 cm³/mol. The van der Waals surface area contributed by atoms with Crippen LogP contribution in [0.2, 0.25) is 0 Å². The lowest BCUT2D eigenvalue weighted by atomic mass is 9.90. The normalized spacial score (nSPS) is 14.2. The second-order valence-corrected chi connectivity index (χ2v) is 8.04. The first-order chi connectivity index (χ1) is 12.3. The van der Waals surface area contributed by atoms with Crippen LogP contribution in [0.4, 0.5) is 0 Å². The summed E-state index contributed by atoms with van der Waals surface area (Å²) in [6, 6.07) is 0. The lowest BCUT2D eigenvalue weighted by Crippen LogP contribution is -2.01. The Balaban J connectivity index is 4.84. The fraction of sp³-hybridized carbons (Fsp3) is 0.600. The van der Waals surface area contributed by atoms with Crippen molar-refractivity contribution in [3.05, 3.63) is 58.2 Å². The minimum atomic E-state index is 0.147. The summed E-state index contributed by atoms with van der Waals surface area (Å²) in [5.41, 5.74) is 7.07. The molecule has 1 atom stereocenters. The lowest BCUT2D eigenvalue weighted by molar-refractivity contribution is 0.341. The summed E-state index contributed by atoms with van der Waals surface area (Å²) in [5, 5.41) is 8.96. The Labute approximate surface area is 163 Å². The molecule has 0 saturated carbocycles.